The zero-order valence-corrected chi connectivity index (χ0v) is 28.0. The van der Waals surface area contributed by atoms with Crippen LogP contribution < -0.4 is 9.64 Å². The van der Waals surface area contributed by atoms with Crippen LogP contribution in [0.1, 0.15) is 71.7 Å². The Hall–Kier alpha value is -4.93. The number of hydrogen-bond acceptors (Lipinski definition) is 7. The Morgan fingerprint density at radius 3 is 1.96 bits per heavy atom. The van der Waals surface area contributed by atoms with Gasteiger partial charge in [0.2, 0.25) is 5.95 Å². The Labute approximate surface area is 292 Å². The molecular weight excluding hydrogens is 711 g/mol. The number of anilines is 1. The number of alkyl halides is 9. The number of halogens is 9. The fourth-order valence-corrected chi connectivity index (χ4v) is 5.16. The SMILES string of the molecule is COCc1ccc(C(C)C)nc1-c1ccc(C(F)(F)F)cc1CN(Cc1cc(C(F)(F)F)cc(C(F)(F)F)c1)c1ncc(OCCCC(=O)O)cn1. The van der Waals surface area contributed by atoms with E-state index in [9.17, 15) is 44.3 Å². The maximum atomic E-state index is 14.1. The fourth-order valence-electron chi connectivity index (χ4n) is 5.16. The molecule has 0 spiro atoms. The van der Waals surface area contributed by atoms with E-state index >= 15 is 0 Å². The lowest BCUT2D eigenvalue weighted by molar-refractivity contribution is -0.143. The van der Waals surface area contributed by atoms with Crippen molar-refractivity contribution in [3.63, 3.8) is 0 Å². The number of aromatic nitrogens is 3. The van der Waals surface area contributed by atoms with Crippen molar-refractivity contribution in [2.45, 2.75) is 70.8 Å². The Morgan fingerprint density at radius 2 is 1.42 bits per heavy atom. The Kier molecular flexibility index (Phi) is 12.4. The van der Waals surface area contributed by atoms with Gasteiger partial charge in [-0.3, -0.25) is 9.78 Å². The van der Waals surface area contributed by atoms with Crippen molar-refractivity contribution < 1.29 is 58.9 Å². The van der Waals surface area contributed by atoms with Crippen molar-refractivity contribution in [3.05, 3.63) is 100.0 Å². The number of carboxylic acid groups (broad SMARTS) is 1. The summed E-state index contributed by atoms with van der Waals surface area (Å²) in [6, 6.07) is 7.32. The lowest BCUT2D eigenvalue weighted by Gasteiger charge is -2.26. The largest absolute Gasteiger partial charge is 0.490 e. The van der Waals surface area contributed by atoms with Crippen LogP contribution in [0, 0.1) is 0 Å². The van der Waals surface area contributed by atoms with Gasteiger partial charge in [0.1, 0.15) is 0 Å². The van der Waals surface area contributed by atoms with Gasteiger partial charge in [-0.2, -0.15) is 39.5 Å². The molecule has 52 heavy (non-hydrogen) atoms. The molecule has 2 heterocycles. The molecule has 4 rings (SSSR count). The molecule has 0 fully saturated rings. The minimum Gasteiger partial charge on any atom is -0.490 e. The molecule has 1 N–H and O–H groups in total. The van der Waals surface area contributed by atoms with E-state index in [0.717, 1.165) is 29.4 Å². The smallest absolute Gasteiger partial charge is 0.416 e. The summed E-state index contributed by atoms with van der Waals surface area (Å²) < 4.78 is 136. The van der Waals surface area contributed by atoms with E-state index in [-0.39, 0.29) is 66.6 Å². The lowest BCUT2D eigenvalue weighted by atomic mass is 9.96. The predicted molar refractivity (Wildman–Crippen MR) is 170 cm³/mol. The van der Waals surface area contributed by atoms with Gasteiger partial charge in [0, 0.05) is 43.4 Å². The molecule has 0 saturated heterocycles. The summed E-state index contributed by atoms with van der Waals surface area (Å²) in [5.41, 5.74) is -3.18. The van der Waals surface area contributed by atoms with Crippen molar-refractivity contribution in [2.75, 3.05) is 18.6 Å². The van der Waals surface area contributed by atoms with Gasteiger partial charge in [-0.15, -0.1) is 0 Å². The molecule has 4 aromatic rings. The van der Waals surface area contributed by atoms with Crippen LogP contribution in [0.25, 0.3) is 11.3 Å². The van der Waals surface area contributed by atoms with Gasteiger partial charge in [-0.05, 0) is 59.9 Å². The number of ether oxygens (including phenoxy) is 2. The number of hydrogen-bond donors (Lipinski definition) is 1. The maximum absolute atomic E-state index is 14.1. The highest BCUT2D eigenvalue weighted by molar-refractivity contribution is 5.69. The monoisotopic (exact) mass is 744 g/mol. The number of benzene rings is 2. The average molecular weight is 745 g/mol. The second kappa shape index (κ2) is 16.2. The second-order valence-corrected chi connectivity index (χ2v) is 12.0. The zero-order chi connectivity index (χ0) is 38.4. The summed E-state index contributed by atoms with van der Waals surface area (Å²) in [5, 5.41) is 8.82. The summed E-state index contributed by atoms with van der Waals surface area (Å²) in [7, 11) is 1.41. The first-order valence-electron chi connectivity index (χ1n) is 15.7. The topological polar surface area (TPSA) is 97.7 Å². The van der Waals surface area contributed by atoms with Crippen LogP contribution in [-0.4, -0.2) is 39.7 Å². The molecule has 0 aliphatic heterocycles. The van der Waals surface area contributed by atoms with E-state index in [0.29, 0.717) is 23.4 Å². The van der Waals surface area contributed by atoms with E-state index in [4.69, 9.17) is 19.6 Å². The van der Waals surface area contributed by atoms with Gasteiger partial charge >= 0.3 is 24.5 Å². The Balaban J connectivity index is 1.88. The number of methoxy groups -OCH3 is 1. The molecule has 280 valence electrons. The lowest BCUT2D eigenvalue weighted by Crippen LogP contribution is -2.26. The molecule has 0 radical (unpaired) electrons. The molecule has 2 aromatic heterocycles. The minimum atomic E-state index is -5.16. The van der Waals surface area contributed by atoms with E-state index in [2.05, 4.69) is 9.97 Å². The van der Waals surface area contributed by atoms with Gasteiger partial charge in [0.15, 0.2) is 5.75 Å². The maximum Gasteiger partial charge on any atom is 0.416 e. The highest BCUT2D eigenvalue weighted by atomic mass is 19.4. The number of rotatable bonds is 14. The van der Waals surface area contributed by atoms with E-state index in [1.165, 1.54) is 13.2 Å². The van der Waals surface area contributed by atoms with Crippen molar-refractivity contribution in [1.82, 2.24) is 15.0 Å². The molecule has 2 aromatic carbocycles. The van der Waals surface area contributed by atoms with Gasteiger partial charge in [0.05, 0.1) is 48.0 Å². The third kappa shape index (κ3) is 10.6. The molecule has 8 nitrogen and oxygen atoms in total. The number of carbonyl (C=O) groups is 1. The van der Waals surface area contributed by atoms with Crippen molar-refractivity contribution in [2.24, 2.45) is 0 Å². The van der Waals surface area contributed by atoms with Crippen LogP contribution in [0.4, 0.5) is 45.5 Å². The van der Waals surface area contributed by atoms with Crippen LogP contribution in [0.15, 0.2) is 60.9 Å². The standard InChI is InChI=1S/C35H33F9N4O4/c1-20(2)29-9-6-22(19-51-3)31(47-29)28-8-7-24(33(36,37)38)13-23(28)18-48(32-45-15-27(16-46-32)52-10-4-5-30(49)50)17-21-11-25(34(39,40)41)14-26(12-21)35(42,43)44/h6-9,11-16,20H,4-5,10,17-19H2,1-3H3,(H,49,50). The molecule has 0 bridgehead atoms. The number of aliphatic carboxylic acids is 1. The number of pyridine rings is 1. The zero-order valence-electron chi connectivity index (χ0n) is 28.0. The van der Waals surface area contributed by atoms with Gasteiger partial charge < -0.3 is 19.5 Å². The summed E-state index contributed by atoms with van der Waals surface area (Å²) in [6.45, 7) is 2.47. The van der Waals surface area contributed by atoms with Gasteiger partial charge in [0.25, 0.3) is 0 Å². The summed E-state index contributed by atoms with van der Waals surface area (Å²) in [5.74, 6) is -1.35. The summed E-state index contributed by atoms with van der Waals surface area (Å²) in [4.78, 5) is 24.9. The van der Waals surface area contributed by atoms with Crippen molar-refractivity contribution in [1.29, 1.82) is 0 Å². The molecule has 0 aliphatic carbocycles. The highest BCUT2D eigenvalue weighted by Crippen LogP contribution is 2.38. The molecule has 0 aliphatic rings. The normalized spacial score (nSPS) is 12.3. The molecule has 0 atom stereocenters. The number of nitrogens with zero attached hydrogens (tertiary/aromatic N) is 4. The van der Waals surface area contributed by atoms with Crippen LogP contribution in [0.5, 0.6) is 5.75 Å². The third-order valence-electron chi connectivity index (χ3n) is 7.66. The summed E-state index contributed by atoms with van der Waals surface area (Å²) in [6.07, 6.45) is -12.9. The predicted octanol–water partition coefficient (Wildman–Crippen LogP) is 9.32. The van der Waals surface area contributed by atoms with E-state index in [1.807, 2.05) is 13.8 Å². The third-order valence-corrected chi connectivity index (χ3v) is 7.66. The molecule has 0 amide bonds. The Bertz CT molecular complexity index is 1810. The van der Waals surface area contributed by atoms with Gasteiger partial charge in [-0.1, -0.05) is 26.0 Å². The van der Waals surface area contributed by atoms with Crippen molar-refractivity contribution >= 4 is 11.9 Å². The van der Waals surface area contributed by atoms with Crippen LogP contribution in [0.3, 0.4) is 0 Å². The quantitative estimate of drug-likeness (QED) is 0.101. The first-order valence-corrected chi connectivity index (χ1v) is 15.7. The van der Waals surface area contributed by atoms with Crippen LogP contribution in [-0.2, 0) is 47.8 Å². The van der Waals surface area contributed by atoms with E-state index in [1.54, 1.807) is 12.1 Å². The second-order valence-electron chi connectivity index (χ2n) is 12.0. The fraction of sp³-hybridized carbons (Fsp3) is 0.371. The molecule has 0 unspecified atom stereocenters. The molecule has 0 saturated carbocycles. The minimum absolute atomic E-state index is 0.0202. The average Bonchev–Trinajstić information content (AvgIpc) is 3.05. The van der Waals surface area contributed by atoms with E-state index < -0.39 is 59.8 Å². The van der Waals surface area contributed by atoms with Crippen LogP contribution >= 0.6 is 0 Å². The first-order chi connectivity index (χ1) is 24.3. The Morgan fingerprint density at radius 1 is 0.808 bits per heavy atom. The summed E-state index contributed by atoms with van der Waals surface area (Å²) >= 11 is 0. The number of carboxylic acids is 1. The molecule has 17 heteroatoms. The van der Waals surface area contributed by atoms with Crippen LogP contribution in [0.2, 0.25) is 0 Å². The first kappa shape index (κ1) is 39.8. The highest BCUT2D eigenvalue weighted by Gasteiger charge is 2.37. The molecular formula is C35H33F9N4O4. The van der Waals surface area contributed by atoms with Gasteiger partial charge in [-0.25, -0.2) is 9.97 Å². The van der Waals surface area contributed by atoms with Crippen molar-refractivity contribution in [3.8, 4) is 17.0 Å².